The zero-order chi connectivity index (χ0) is 18.1. The van der Waals surface area contributed by atoms with Gasteiger partial charge in [-0.15, -0.1) is 0 Å². The van der Waals surface area contributed by atoms with Crippen LogP contribution in [0.2, 0.25) is 0 Å². The molecule has 0 aromatic heterocycles. The second-order valence-corrected chi connectivity index (χ2v) is 7.51. The highest BCUT2D eigenvalue weighted by molar-refractivity contribution is 7.85. The third-order valence-corrected chi connectivity index (χ3v) is 5.15. The first-order valence-electron chi connectivity index (χ1n) is 7.90. The zero-order valence-corrected chi connectivity index (χ0v) is 14.8. The third kappa shape index (κ3) is 6.72. The molecule has 2 N–H and O–H groups in total. The van der Waals surface area contributed by atoms with Crippen LogP contribution in [-0.2, 0) is 29.9 Å². The second kappa shape index (κ2) is 10.1. The van der Waals surface area contributed by atoms with Crippen molar-refractivity contribution in [3.05, 3.63) is 0 Å². The van der Waals surface area contributed by atoms with E-state index in [4.69, 9.17) is 10.3 Å². The van der Waals surface area contributed by atoms with Gasteiger partial charge in [-0.25, -0.2) is 4.79 Å². The van der Waals surface area contributed by atoms with Crippen LogP contribution in [0, 0.1) is 5.53 Å². The first kappa shape index (κ1) is 20.2. The molecule has 1 fully saturated rings. The summed E-state index contributed by atoms with van der Waals surface area (Å²) in [5, 5.41) is 1.75. The Balaban J connectivity index is 2.71. The number of hydrogen-bond acceptors (Lipinski definition) is 6. The molecule has 0 radical (unpaired) electrons. The van der Waals surface area contributed by atoms with Crippen molar-refractivity contribution in [2.45, 2.75) is 62.8 Å². The van der Waals surface area contributed by atoms with Gasteiger partial charge in [0.15, 0.2) is 0 Å². The number of ether oxygens (including phenoxy) is 1. The van der Waals surface area contributed by atoms with Gasteiger partial charge in [0.2, 0.25) is 11.7 Å². The summed E-state index contributed by atoms with van der Waals surface area (Å²) < 4.78 is 16.8. The van der Waals surface area contributed by atoms with E-state index in [2.05, 4.69) is 10.1 Å². The fourth-order valence-electron chi connectivity index (χ4n) is 2.36. The van der Waals surface area contributed by atoms with Crippen LogP contribution in [-0.4, -0.2) is 56.5 Å². The van der Waals surface area contributed by atoms with Crippen LogP contribution in [0.25, 0.3) is 0 Å². The minimum atomic E-state index is -1.37. The van der Waals surface area contributed by atoms with Crippen LogP contribution in [0.15, 0.2) is 0 Å². The van der Waals surface area contributed by atoms with E-state index in [1.165, 1.54) is 13.2 Å². The van der Waals surface area contributed by atoms with Gasteiger partial charge in [0, 0.05) is 23.5 Å². The molecule has 134 valence electrons. The summed E-state index contributed by atoms with van der Waals surface area (Å²) in [7, 11) is -1.37. The molecular weight excluding hydrogens is 334 g/mol. The van der Waals surface area contributed by atoms with Crippen LogP contribution in [0.4, 0.5) is 0 Å². The van der Waals surface area contributed by atoms with E-state index < -0.39 is 39.8 Å². The maximum absolute atomic E-state index is 12.3. The molecule has 9 heteroatoms. The average Bonchev–Trinajstić information content (AvgIpc) is 3.03. The Labute approximate surface area is 143 Å². The van der Waals surface area contributed by atoms with Crippen molar-refractivity contribution in [3.8, 4) is 0 Å². The molecule has 0 heterocycles. The van der Waals surface area contributed by atoms with Gasteiger partial charge in [-0.3, -0.25) is 13.8 Å². The van der Waals surface area contributed by atoms with Gasteiger partial charge in [-0.2, -0.15) is 0 Å². The quantitative estimate of drug-likeness (QED) is 0.267. The largest absolute Gasteiger partial charge is 0.461 e. The summed E-state index contributed by atoms with van der Waals surface area (Å²) in [6.07, 6.45) is 5.70. The lowest BCUT2D eigenvalue weighted by Crippen LogP contribution is -2.47. The monoisotopic (exact) mass is 358 g/mol. The number of amides is 1. The van der Waals surface area contributed by atoms with Gasteiger partial charge in [0.05, 0.1) is 10.3 Å². The van der Waals surface area contributed by atoms with E-state index in [-0.39, 0.29) is 18.9 Å². The summed E-state index contributed by atoms with van der Waals surface area (Å²) in [5.41, 5.74) is 6.62. The number of nitrogens with one attached hydrogen (secondary N) is 2. The molecule has 0 aromatic carbocycles. The number of Topliss-reactive ketones (excluding diaryl/α,β-unsaturated/α-hetero) is 1. The lowest BCUT2D eigenvalue weighted by molar-refractivity contribution is -0.153. The van der Waals surface area contributed by atoms with E-state index in [1.807, 2.05) is 0 Å². The molecule has 3 atom stereocenters. The molecule has 1 aliphatic rings. The number of nitrogens with zero attached hydrogens (tertiary/aromatic N) is 1. The number of carbonyl (C=O) groups excluding carboxylic acids is 3. The Morgan fingerprint density at radius 2 is 2.00 bits per heavy atom. The summed E-state index contributed by atoms with van der Waals surface area (Å²) in [6, 6.07) is -0.979. The van der Waals surface area contributed by atoms with Crippen molar-refractivity contribution in [1.82, 2.24) is 5.32 Å². The predicted molar refractivity (Wildman–Crippen MR) is 87.1 cm³/mol. The number of ketones is 1. The number of hydrogen-bond donors (Lipinski definition) is 2. The fourth-order valence-corrected chi connectivity index (χ4v) is 2.73. The first-order valence-corrected chi connectivity index (χ1v) is 9.53. The molecule has 1 aliphatic carbocycles. The molecule has 0 aromatic rings. The van der Waals surface area contributed by atoms with E-state index >= 15 is 0 Å². The minimum absolute atomic E-state index is 0.0450. The highest BCUT2D eigenvalue weighted by Gasteiger charge is 2.29. The SMILES string of the molecule is C[C@@H](C(=O)N[C@@H](CCC(=O)C=[N+]=N)C(=O)OC1CCCC1)S(C)=O. The molecule has 0 saturated heterocycles. The van der Waals surface area contributed by atoms with Crippen LogP contribution < -0.4 is 5.32 Å². The van der Waals surface area contributed by atoms with Crippen LogP contribution in [0.5, 0.6) is 0 Å². The molecule has 1 unspecified atom stereocenters. The van der Waals surface area contributed by atoms with Crippen LogP contribution in [0.1, 0.15) is 45.4 Å². The van der Waals surface area contributed by atoms with E-state index in [0.717, 1.165) is 31.9 Å². The molecule has 0 bridgehead atoms. The van der Waals surface area contributed by atoms with Crippen LogP contribution >= 0.6 is 0 Å². The molecule has 1 rings (SSSR count). The summed E-state index contributed by atoms with van der Waals surface area (Å²) in [6.45, 7) is 1.50. The highest BCUT2D eigenvalue weighted by Crippen LogP contribution is 2.21. The first-order chi connectivity index (χ1) is 11.3. The number of esters is 1. The normalized spacial score (nSPS) is 18.1. The van der Waals surface area contributed by atoms with E-state index in [1.54, 1.807) is 0 Å². The van der Waals surface area contributed by atoms with Crippen molar-refractivity contribution in [2.24, 2.45) is 0 Å². The smallest absolute Gasteiger partial charge is 0.372 e. The highest BCUT2D eigenvalue weighted by atomic mass is 32.2. The number of rotatable bonds is 9. The lowest BCUT2D eigenvalue weighted by Gasteiger charge is -2.21. The van der Waals surface area contributed by atoms with Crippen molar-refractivity contribution < 1.29 is 28.1 Å². The van der Waals surface area contributed by atoms with Crippen molar-refractivity contribution >= 4 is 34.7 Å². The molecule has 0 aliphatic heterocycles. The summed E-state index contributed by atoms with van der Waals surface area (Å²) in [4.78, 5) is 38.7. The Bertz CT molecular complexity index is 553. The number of carbonyl (C=O) groups is 3. The van der Waals surface area contributed by atoms with Crippen molar-refractivity contribution in [3.63, 3.8) is 0 Å². The Kier molecular flexibility index (Phi) is 8.49. The third-order valence-electron chi connectivity index (χ3n) is 3.94. The average molecular weight is 358 g/mol. The molecule has 1 amide bonds. The maximum Gasteiger partial charge on any atom is 0.372 e. The van der Waals surface area contributed by atoms with Crippen molar-refractivity contribution in [1.29, 1.82) is 5.53 Å². The minimum Gasteiger partial charge on any atom is -0.461 e. The zero-order valence-electron chi connectivity index (χ0n) is 13.9. The second-order valence-electron chi connectivity index (χ2n) is 5.81. The van der Waals surface area contributed by atoms with E-state index in [9.17, 15) is 18.6 Å². The van der Waals surface area contributed by atoms with Gasteiger partial charge in [-0.05, 0) is 39.0 Å². The van der Waals surface area contributed by atoms with E-state index in [0.29, 0.717) is 0 Å². The molecular formula is C15H24N3O5S+. The lowest BCUT2D eigenvalue weighted by atomic mass is 10.1. The summed E-state index contributed by atoms with van der Waals surface area (Å²) >= 11 is 0. The molecule has 1 saturated carbocycles. The maximum atomic E-state index is 12.3. The van der Waals surface area contributed by atoms with Gasteiger partial charge in [-0.1, -0.05) is 0 Å². The fraction of sp³-hybridized carbons (Fsp3) is 0.733. The predicted octanol–water partition coefficient (Wildman–Crippen LogP) is 0.383. The topological polar surface area (TPSA) is 127 Å². The van der Waals surface area contributed by atoms with Crippen molar-refractivity contribution in [2.75, 3.05) is 6.26 Å². The van der Waals surface area contributed by atoms with Gasteiger partial charge in [0.1, 0.15) is 17.4 Å². The van der Waals surface area contributed by atoms with Gasteiger partial charge >= 0.3 is 12.2 Å². The Morgan fingerprint density at radius 1 is 1.38 bits per heavy atom. The van der Waals surface area contributed by atoms with Gasteiger partial charge < -0.3 is 10.1 Å². The van der Waals surface area contributed by atoms with Crippen LogP contribution in [0.3, 0.4) is 0 Å². The Hall–Kier alpha value is -1.86. The molecule has 8 nitrogen and oxygen atoms in total. The Morgan fingerprint density at radius 3 is 2.54 bits per heavy atom. The summed E-state index contributed by atoms with van der Waals surface area (Å²) in [5.74, 6) is -1.52. The molecule has 0 spiro atoms. The standard InChI is InChI=1S/C15H23N3O5S/c1-10(24(2)22)14(20)18-13(8-7-11(19)9-17-16)15(21)23-12-5-3-4-6-12/h9-10,12-13,16H,3-8H2,1-2H3/p+1/t10-,13-,24?/m0/s1. The molecule has 24 heavy (non-hydrogen) atoms. The van der Waals surface area contributed by atoms with Gasteiger partial charge in [0.25, 0.3) is 0 Å².